The molecule has 0 bridgehead atoms. The fraction of sp³-hybridized carbons (Fsp3) is 0.393. The fourth-order valence-electron chi connectivity index (χ4n) is 4.76. The number of anilines is 2. The third-order valence-electron chi connectivity index (χ3n) is 7.21. The van der Waals surface area contributed by atoms with Crippen LogP contribution in [-0.2, 0) is 14.4 Å². The minimum absolute atomic E-state index is 0.119. The zero-order chi connectivity index (χ0) is 35.4. The van der Waals surface area contributed by atoms with Crippen LogP contribution in [0.2, 0.25) is 5.02 Å². The minimum atomic E-state index is -5.08. The Balaban J connectivity index is 0.000000314. The van der Waals surface area contributed by atoms with Gasteiger partial charge in [-0.3, -0.25) is 9.78 Å². The van der Waals surface area contributed by atoms with E-state index in [1.807, 2.05) is 23.1 Å². The molecule has 258 valence electrons. The summed E-state index contributed by atoms with van der Waals surface area (Å²) in [6.45, 7) is 5.02. The number of H-pyrrole nitrogens is 1. The Morgan fingerprint density at radius 1 is 0.979 bits per heavy atom. The molecule has 1 unspecified atom stereocenters. The molecule has 1 aromatic carbocycles. The lowest BCUT2D eigenvalue weighted by atomic mass is 10.0. The summed E-state index contributed by atoms with van der Waals surface area (Å²) in [6, 6.07) is 5.81. The van der Waals surface area contributed by atoms with Crippen LogP contribution < -0.4 is 10.2 Å². The van der Waals surface area contributed by atoms with Crippen LogP contribution in [0, 0.1) is 5.92 Å². The molecule has 1 aliphatic carbocycles. The van der Waals surface area contributed by atoms with Crippen molar-refractivity contribution < 1.29 is 50.9 Å². The van der Waals surface area contributed by atoms with Gasteiger partial charge in [-0.1, -0.05) is 11.6 Å². The van der Waals surface area contributed by atoms with Crippen molar-refractivity contribution in [3.8, 4) is 0 Å². The van der Waals surface area contributed by atoms with Gasteiger partial charge in [-0.2, -0.15) is 26.3 Å². The number of nitrogens with one attached hydrogen (secondary N) is 2. The molecular weight excluding hydrogens is 678 g/mol. The van der Waals surface area contributed by atoms with Crippen LogP contribution in [0.15, 0.2) is 37.1 Å². The minimum Gasteiger partial charge on any atom is -0.475 e. The normalized spacial score (nSPS) is 15.6. The first-order valence-corrected chi connectivity index (χ1v) is 14.5. The van der Waals surface area contributed by atoms with Gasteiger partial charge in [0.25, 0.3) is 0 Å². The van der Waals surface area contributed by atoms with Crippen molar-refractivity contribution in [1.82, 2.24) is 29.8 Å². The first-order valence-electron chi connectivity index (χ1n) is 14.1. The largest absolute Gasteiger partial charge is 0.490 e. The summed E-state index contributed by atoms with van der Waals surface area (Å²) >= 11 is 6.72. The predicted molar refractivity (Wildman–Crippen MR) is 159 cm³/mol. The lowest BCUT2D eigenvalue weighted by Crippen LogP contribution is -2.49. The number of carbonyl (C=O) groups excluding carboxylic acids is 1. The summed E-state index contributed by atoms with van der Waals surface area (Å²) < 4.78 is 63.5. The molecule has 1 saturated carbocycles. The van der Waals surface area contributed by atoms with Gasteiger partial charge in [0.05, 0.1) is 28.6 Å². The third kappa shape index (κ3) is 8.69. The highest BCUT2D eigenvalue weighted by atomic mass is 35.5. The van der Waals surface area contributed by atoms with E-state index in [4.69, 9.17) is 36.4 Å². The number of nitrogens with zero attached hydrogens (tertiary/aromatic N) is 6. The van der Waals surface area contributed by atoms with Crippen LogP contribution >= 0.6 is 11.6 Å². The number of hydrogen-bond acceptors (Lipinski definition) is 9. The summed E-state index contributed by atoms with van der Waals surface area (Å²) in [6.07, 6.45) is -3.19. The van der Waals surface area contributed by atoms with Gasteiger partial charge in [-0.15, -0.1) is 0 Å². The molecule has 2 aliphatic rings. The van der Waals surface area contributed by atoms with Gasteiger partial charge in [-0.25, -0.2) is 24.5 Å². The Bertz CT molecular complexity index is 1770. The van der Waals surface area contributed by atoms with Crippen molar-refractivity contribution >= 4 is 63.0 Å². The summed E-state index contributed by atoms with van der Waals surface area (Å²) in [4.78, 5) is 55.4. The van der Waals surface area contributed by atoms with Crippen molar-refractivity contribution in [1.29, 1.82) is 0 Å². The number of aromatic nitrogens is 5. The highest BCUT2D eigenvalue weighted by Gasteiger charge is 2.39. The Kier molecular flexibility index (Phi) is 10.8. The summed E-state index contributed by atoms with van der Waals surface area (Å²) in [7, 11) is 0. The van der Waals surface area contributed by atoms with E-state index >= 15 is 0 Å². The zero-order valence-corrected chi connectivity index (χ0v) is 25.6. The molecule has 4 heterocycles. The fourth-order valence-corrected chi connectivity index (χ4v) is 5.03. The van der Waals surface area contributed by atoms with Gasteiger partial charge in [0.1, 0.15) is 11.8 Å². The summed E-state index contributed by atoms with van der Waals surface area (Å²) in [5.41, 5.74) is 4.32. The lowest BCUT2D eigenvalue weighted by molar-refractivity contribution is -0.193. The molecule has 6 rings (SSSR count). The van der Waals surface area contributed by atoms with E-state index < -0.39 is 24.3 Å². The van der Waals surface area contributed by atoms with Gasteiger partial charge in [0.15, 0.2) is 11.5 Å². The summed E-state index contributed by atoms with van der Waals surface area (Å²) in [5.74, 6) is -4.28. The molecule has 4 aromatic rings. The number of alkyl halides is 6. The van der Waals surface area contributed by atoms with Gasteiger partial charge in [0, 0.05) is 49.2 Å². The summed E-state index contributed by atoms with van der Waals surface area (Å²) in [5, 5.41) is 19.3. The first-order chi connectivity index (χ1) is 22.5. The molecule has 20 heteroatoms. The maximum absolute atomic E-state index is 12.6. The van der Waals surface area contributed by atoms with Crippen LogP contribution in [0.5, 0.6) is 0 Å². The van der Waals surface area contributed by atoms with Crippen LogP contribution in [0.4, 0.5) is 37.8 Å². The number of piperazine rings is 1. The third-order valence-corrected chi connectivity index (χ3v) is 7.52. The Morgan fingerprint density at radius 3 is 2.15 bits per heavy atom. The number of carboxylic acid groups (broad SMARTS) is 2. The Morgan fingerprint density at radius 2 is 1.58 bits per heavy atom. The van der Waals surface area contributed by atoms with Gasteiger partial charge in [-0.05, 0) is 38.0 Å². The van der Waals surface area contributed by atoms with E-state index in [-0.39, 0.29) is 12.0 Å². The molecule has 0 spiro atoms. The maximum atomic E-state index is 12.6. The van der Waals surface area contributed by atoms with Crippen molar-refractivity contribution in [2.75, 3.05) is 36.4 Å². The number of aliphatic carboxylic acids is 2. The second kappa shape index (κ2) is 14.4. The number of halogens is 7. The van der Waals surface area contributed by atoms with E-state index in [9.17, 15) is 31.1 Å². The second-order valence-electron chi connectivity index (χ2n) is 10.6. The van der Waals surface area contributed by atoms with E-state index in [0.29, 0.717) is 35.5 Å². The van der Waals surface area contributed by atoms with Gasteiger partial charge in [0.2, 0.25) is 5.91 Å². The SMILES string of the molecule is CC(Nc1ncnc2nc[nH]c12)c1cc(Cl)c2cccnc2c1N1CCN(C(=O)C2CC2)CC1.O=C(O)C(F)(F)F.O=C(O)C(F)(F)F. The monoisotopic (exact) mass is 704 g/mol. The number of carboxylic acids is 2. The number of carbonyl (C=O) groups is 3. The van der Waals surface area contributed by atoms with E-state index in [0.717, 1.165) is 53.6 Å². The highest BCUT2D eigenvalue weighted by molar-refractivity contribution is 6.36. The first kappa shape index (κ1) is 35.9. The van der Waals surface area contributed by atoms with Crippen molar-refractivity contribution in [3.63, 3.8) is 0 Å². The number of rotatable bonds is 5. The van der Waals surface area contributed by atoms with Crippen molar-refractivity contribution in [3.05, 3.63) is 47.6 Å². The average molecular weight is 705 g/mol. The molecule has 48 heavy (non-hydrogen) atoms. The molecule has 2 fully saturated rings. The molecule has 0 radical (unpaired) electrons. The molecule has 1 amide bonds. The molecule has 3 aromatic heterocycles. The number of imidazole rings is 1. The lowest BCUT2D eigenvalue weighted by Gasteiger charge is -2.38. The quantitative estimate of drug-likeness (QED) is 0.204. The molecular formula is C28H27ClF6N8O5. The van der Waals surface area contributed by atoms with Crippen LogP contribution in [0.3, 0.4) is 0 Å². The topological polar surface area (TPSA) is 178 Å². The molecule has 1 saturated heterocycles. The number of benzene rings is 1. The zero-order valence-electron chi connectivity index (χ0n) is 24.8. The molecule has 13 nitrogen and oxygen atoms in total. The number of amides is 1. The Labute approximate surface area is 271 Å². The number of pyridine rings is 1. The van der Waals surface area contributed by atoms with Gasteiger partial charge < -0.3 is 30.3 Å². The van der Waals surface area contributed by atoms with E-state index in [1.165, 1.54) is 6.33 Å². The van der Waals surface area contributed by atoms with Crippen LogP contribution in [0.25, 0.3) is 22.1 Å². The van der Waals surface area contributed by atoms with E-state index in [1.54, 1.807) is 12.5 Å². The number of hydrogen-bond donors (Lipinski definition) is 4. The average Bonchev–Trinajstić information content (AvgIpc) is 3.77. The standard InChI is InChI=1S/C24H25ClN8O.2C2HF3O2/c1-14(31-23-20-22(28-12-27-20)29-13-30-23)17-11-18(25)16-3-2-6-26-19(16)21(17)32-7-9-33(10-8-32)24(34)15-4-5-15;2*3-2(4,5)1(6)7/h2-3,6,11-15H,4-5,7-10H2,1H3,(H2,27,28,29,30,31);2*(H,6,7). The van der Waals surface area contributed by atoms with Crippen LogP contribution in [0.1, 0.15) is 31.4 Å². The molecule has 1 aliphatic heterocycles. The van der Waals surface area contributed by atoms with E-state index in [2.05, 4.69) is 37.1 Å². The molecule has 4 N–H and O–H groups in total. The van der Waals surface area contributed by atoms with Crippen molar-refractivity contribution in [2.45, 2.75) is 38.2 Å². The van der Waals surface area contributed by atoms with Crippen molar-refractivity contribution in [2.24, 2.45) is 5.92 Å². The number of fused-ring (bicyclic) bond motifs is 2. The maximum Gasteiger partial charge on any atom is 0.490 e. The predicted octanol–water partition coefficient (Wildman–Crippen LogP) is 5.05. The second-order valence-corrected chi connectivity index (χ2v) is 11.0. The number of aromatic amines is 1. The Hall–Kier alpha value is -4.94. The molecule has 1 atom stereocenters. The smallest absolute Gasteiger partial charge is 0.475 e. The highest BCUT2D eigenvalue weighted by Crippen LogP contribution is 2.39. The van der Waals surface area contributed by atoms with Crippen LogP contribution in [-0.4, -0.2) is 96.4 Å². The van der Waals surface area contributed by atoms with Gasteiger partial charge >= 0.3 is 24.3 Å².